The van der Waals surface area contributed by atoms with Crippen molar-refractivity contribution in [1.82, 2.24) is 0 Å². The van der Waals surface area contributed by atoms with Crippen LogP contribution in [0.5, 0.6) is 11.5 Å². The number of hydrogen-bond acceptors (Lipinski definition) is 6. The van der Waals surface area contributed by atoms with E-state index in [1.54, 1.807) is 53.4 Å². The molecule has 45 heavy (non-hydrogen) atoms. The number of imide groups is 1. The quantitative estimate of drug-likeness (QED) is 0.167. The van der Waals surface area contributed by atoms with Crippen LogP contribution >= 0.6 is 0 Å². The van der Waals surface area contributed by atoms with Gasteiger partial charge in [0.25, 0.3) is 0 Å². The van der Waals surface area contributed by atoms with Crippen molar-refractivity contribution in [2.24, 2.45) is 17.8 Å². The zero-order valence-corrected chi connectivity index (χ0v) is 24.6. The predicted molar refractivity (Wildman–Crippen MR) is 166 cm³/mol. The summed E-state index contributed by atoms with van der Waals surface area (Å²) in [6.07, 6.45) is 0.0298. The molecule has 3 aliphatic carbocycles. The summed E-state index contributed by atoms with van der Waals surface area (Å²) in [6.45, 7) is 2.64. The van der Waals surface area contributed by atoms with Gasteiger partial charge in [-0.1, -0.05) is 54.6 Å². The minimum Gasteiger partial charge on any atom is -0.494 e. The van der Waals surface area contributed by atoms with Crippen LogP contribution in [0.2, 0.25) is 0 Å². The van der Waals surface area contributed by atoms with Crippen LogP contribution in [-0.2, 0) is 19.2 Å². The number of hydrogen-bond donors (Lipinski definition) is 0. The highest BCUT2D eigenvalue weighted by Gasteiger charge is 2.61. The molecule has 9 rings (SSSR count). The van der Waals surface area contributed by atoms with E-state index in [1.165, 1.54) is 4.90 Å². The van der Waals surface area contributed by atoms with Gasteiger partial charge in [-0.25, -0.2) is 4.90 Å². The Hall–Kier alpha value is -5.24. The Labute approximate surface area is 260 Å². The van der Waals surface area contributed by atoms with Crippen LogP contribution in [0.4, 0.5) is 11.4 Å². The summed E-state index contributed by atoms with van der Waals surface area (Å²) in [5.74, 6) is -2.31. The van der Waals surface area contributed by atoms with Crippen LogP contribution in [0.15, 0.2) is 97.1 Å². The lowest BCUT2D eigenvalue weighted by Crippen LogP contribution is -2.41. The molecule has 4 aromatic carbocycles. The summed E-state index contributed by atoms with van der Waals surface area (Å²) in [5, 5.41) is 0. The molecule has 4 aromatic rings. The van der Waals surface area contributed by atoms with E-state index in [9.17, 15) is 19.2 Å². The molecule has 3 atom stereocenters. The first-order chi connectivity index (χ1) is 21.9. The smallest absolute Gasteiger partial charge is 0.316 e. The van der Waals surface area contributed by atoms with Gasteiger partial charge in [0.2, 0.25) is 17.7 Å². The van der Waals surface area contributed by atoms with Gasteiger partial charge in [0, 0.05) is 36.6 Å². The second-order valence-corrected chi connectivity index (χ2v) is 12.0. The molecule has 224 valence electrons. The highest BCUT2D eigenvalue weighted by Crippen LogP contribution is 2.61. The van der Waals surface area contributed by atoms with Gasteiger partial charge in [0.15, 0.2) is 0 Å². The third-order valence-electron chi connectivity index (χ3n) is 9.66. The Balaban J connectivity index is 1.03. The highest BCUT2D eigenvalue weighted by atomic mass is 16.5. The number of rotatable bonds is 6. The second kappa shape index (κ2) is 10.4. The minimum atomic E-state index is -0.654. The van der Waals surface area contributed by atoms with Crippen molar-refractivity contribution in [2.75, 3.05) is 23.0 Å². The number of carbonyl (C=O) groups excluding carboxylic acids is 4. The van der Waals surface area contributed by atoms with Gasteiger partial charge in [-0.2, -0.15) is 0 Å². The molecule has 0 spiro atoms. The molecule has 0 radical (unpaired) electrons. The van der Waals surface area contributed by atoms with Crippen LogP contribution in [0, 0.1) is 17.8 Å². The lowest BCUT2D eigenvalue weighted by atomic mass is 9.55. The molecule has 0 saturated carbocycles. The Bertz CT molecular complexity index is 1770. The van der Waals surface area contributed by atoms with E-state index in [1.807, 2.05) is 31.2 Å². The van der Waals surface area contributed by atoms with Gasteiger partial charge in [0.1, 0.15) is 11.5 Å². The first-order valence-corrected chi connectivity index (χ1v) is 15.3. The lowest BCUT2D eigenvalue weighted by Gasteiger charge is -2.45. The predicted octanol–water partition coefficient (Wildman–Crippen LogP) is 5.44. The van der Waals surface area contributed by atoms with Crippen molar-refractivity contribution >= 4 is 35.1 Å². The third-order valence-corrected chi connectivity index (χ3v) is 9.66. The summed E-state index contributed by atoms with van der Waals surface area (Å²) < 4.78 is 11.2. The molecule has 2 fully saturated rings. The molecular formula is C37H30N2O6. The Morgan fingerprint density at radius 2 is 1.29 bits per heavy atom. The van der Waals surface area contributed by atoms with Gasteiger partial charge in [-0.15, -0.1) is 0 Å². The molecular weight excluding hydrogens is 568 g/mol. The number of benzene rings is 4. The summed E-state index contributed by atoms with van der Waals surface area (Å²) in [7, 11) is 0. The van der Waals surface area contributed by atoms with E-state index in [-0.39, 0.29) is 48.3 Å². The SMILES string of the molecule is CCOc1ccc(N2C[C@H](C(=O)Oc3cccc(N4C(=O)[C@@H]5C6c7ccccc7C(c7ccccc76)[C@@H]5C4=O)c3)CC2=O)cc1. The maximum Gasteiger partial charge on any atom is 0.316 e. The van der Waals surface area contributed by atoms with Gasteiger partial charge in [-0.3, -0.25) is 19.2 Å². The van der Waals surface area contributed by atoms with E-state index in [2.05, 4.69) is 24.3 Å². The van der Waals surface area contributed by atoms with Gasteiger partial charge >= 0.3 is 5.97 Å². The molecule has 0 aromatic heterocycles. The average Bonchev–Trinajstić information content (AvgIpc) is 3.58. The average molecular weight is 599 g/mol. The number of ether oxygens (including phenoxy) is 2. The lowest BCUT2D eigenvalue weighted by molar-refractivity contribution is -0.139. The largest absolute Gasteiger partial charge is 0.494 e. The van der Waals surface area contributed by atoms with Crippen LogP contribution < -0.4 is 19.3 Å². The van der Waals surface area contributed by atoms with Gasteiger partial charge in [0.05, 0.1) is 30.0 Å². The number of esters is 1. The second-order valence-electron chi connectivity index (χ2n) is 12.0. The minimum absolute atomic E-state index is 0.0298. The topological polar surface area (TPSA) is 93.2 Å². The van der Waals surface area contributed by atoms with E-state index >= 15 is 0 Å². The number of anilines is 2. The molecule has 2 heterocycles. The van der Waals surface area contributed by atoms with Crippen molar-refractivity contribution in [3.63, 3.8) is 0 Å². The van der Waals surface area contributed by atoms with E-state index in [0.717, 1.165) is 22.3 Å². The van der Waals surface area contributed by atoms with E-state index in [4.69, 9.17) is 9.47 Å². The van der Waals surface area contributed by atoms with E-state index < -0.39 is 23.7 Å². The summed E-state index contributed by atoms with van der Waals surface area (Å²) in [4.78, 5) is 57.1. The molecule has 8 heteroatoms. The molecule has 8 nitrogen and oxygen atoms in total. The molecule has 2 saturated heterocycles. The fourth-order valence-corrected chi connectivity index (χ4v) is 7.82. The van der Waals surface area contributed by atoms with Crippen molar-refractivity contribution in [2.45, 2.75) is 25.2 Å². The van der Waals surface area contributed by atoms with Crippen molar-refractivity contribution < 1.29 is 28.7 Å². The number of carbonyl (C=O) groups is 4. The van der Waals surface area contributed by atoms with Crippen molar-refractivity contribution in [1.29, 1.82) is 0 Å². The molecule has 0 N–H and O–H groups in total. The molecule has 0 unspecified atom stereocenters. The van der Waals surface area contributed by atoms with Crippen LogP contribution in [-0.4, -0.2) is 36.8 Å². The highest BCUT2D eigenvalue weighted by molar-refractivity contribution is 6.23. The standard InChI is InChI=1S/C37H30N2O6/c1-2-44-24-16-14-22(15-17-24)38-20-21(18-30(38)40)37(43)45-25-9-7-8-23(19-25)39-35(41)33-31-26-10-3-4-11-27(26)32(34(33)36(39)42)29-13-6-5-12-28(29)31/h3-17,19,21,31-34H,2,18,20H2,1H3/t21-,31?,32?,33-,34+/m1/s1. The number of nitrogens with zero attached hydrogens (tertiary/aromatic N) is 2. The Kier molecular flexibility index (Phi) is 6.34. The van der Waals surface area contributed by atoms with Crippen LogP contribution in [0.25, 0.3) is 0 Å². The maximum absolute atomic E-state index is 14.1. The van der Waals surface area contributed by atoms with Crippen molar-refractivity contribution in [3.8, 4) is 11.5 Å². The molecule has 3 amide bonds. The molecule has 2 bridgehead atoms. The van der Waals surface area contributed by atoms with Crippen LogP contribution in [0.3, 0.4) is 0 Å². The first kappa shape index (κ1) is 27.3. The van der Waals surface area contributed by atoms with Gasteiger partial charge < -0.3 is 14.4 Å². The normalized spacial score (nSPS) is 24.4. The molecule has 2 aliphatic heterocycles. The monoisotopic (exact) mass is 598 g/mol. The Morgan fingerprint density at radius 3 is 1.84 bits per heavy atom. The fourth-order valence-electron chi connectivity index (χ4n) is 7.82. The molecule has 5 aliphatic rings. The first-order valence-electron chi connectivity index (χ1n) is 15.3. The number of amides is 3. The zero-order chi connectivity index (χ0) is 30.8. The van der Waals surface area contributed by atoms with E-state index in [0.29, 0.717) is 23.7 Å². The summed E-state index contributed by atoms with van der Waals surface area (Å²) in [5.41, 5.74) is 5.50. The summed E-state index contributed by atoms with van der Waals surface area (Å²) in [6, 6.07) is 30.0. The third kappa shape index (κ3) is 4.19. The van der Waals surface area contributed by atoms with Crippen molar-refractivity contribution in [3.05, 3.63) is 119 Å². The maximum atomic E-state index is 14.1. The zero-order valence-electron chi connectivity index (χ0n) is 24.6. The van der Waals surface area contributed by atoms with Gasteiger partial charge in [-0.05, 0) is 65.6 Å². The Morgan fingerprint density at radius 1 is 0.711 bits per heavy atom. The fraction of sp³-hybridized carbons (Fsp3) is 0.243. The van der Waals surface area contributed by atoms with Crippen LogP contribution in [0.1, 0.15) is 47.4 Å². The summed E-state index contributed by atoms with van der Waals surface area (Å²) >= 11 is 0.